The Bertz CT molecular complexity index is 940. The van der Waals surface area contributed by atoms with E-state index in [0.717, 1.165) is 5.69 Å². The van der Waals surface area contributed by atoms with Crippen LogP contribution in [0.1, 0.15) is 46.4 Å². The maximum absolute atomic E-state index is 12.7. The molecule has 1 amide bonds. The quantitative estimate of drug-likeness (QED) is 0.745. The molecule has 0 unspecified atom stereocenters. The van der Waals surface area contributed by atoms with Gasteiger partial charge in [0.15, 0.2) is 12.1 Å². The molecule has 0 fully saturated rings. The molecule has 1 aliphatic heterocycles. The molecular formula is C17H20N6O3. The molecule has 1 N–H and O–H groups in total. The second-order valence-electron chi connectivity index (χ2n) is 6.27. The number of carbonyl (C=O) groups is 1. The van der Waals surface area contributed by atoms with E-state index >= 15 is 0 Å². The first kappa shape index (κ1) is 16.5. The number of fused-ring (bicyclic) bond motifs is 1. The highest BCUT2D eigenvalue weighted by atomic mass is 16.3. The van der Waals surface area contributed by atoms with Gasteiger partial charge in [-0.1, -0.05) is 6.92 Å². The third-order valence-electron chi connectivity index (χ3n) is 4.69. The normalized spacial score (nSPS) is 15.1. The lowest BCUT2D eigenvalue weighted by Crippen LogP contribution is -2.38. The van der Waals surface area contributed by atoms with Crippen LogP contribution in [0.2, 0.25) is 0 Å². The molecule has 136 valence electrons. The predicted octanol–water partition coefficient (Wildman–Crippen LogP) is 0.905. The maximum Gasteiger partial charge on any atom is 0.276 e. The number of nitrogens with zero attached hydrogens (tertiary/aromatic N) is 6. The first-order valence-corrected chi connectivity index (χ1v) is 8.52. The lowest BCUT2D eigenvalue weighted by atomic mass is 10.1. The van der Waals surface area contributed by atoms with Crippen LogP contribution in [0.4, 0.5) is 0 Å². The summed E-state index contributed by atoms with van der Waals surface area (Å²) in [4.78, 5) is 18.5. The van der Waals surface area contributed by atoms with Crippen molar-refractivity contribution < 1.29 is 14.3 Å². The van der Waals surface area contributed by atoms with Crippen LogP contribution in [0.3, 0.4) is 0 Å². The highest BCUT2D eigenvalue weighted by Crippen LogP contribution is 2.24. The van der Waals surface area contributed by atoms with Crippen molar-refractivity contribution in [1.29, 1.82) is 0 Å². The Morgan fingerprint density at radius 2 is 2.27 bits per heavy atom. The van der Waals surface area contributed by atoms with Gasteiger partial charge < -0.3 is 14.4 Å². The summed E-state index contributed by atoms with van der Waals surface area (Å²) in [5.74, 6) is 0.457. The van der Waals surface area contributed by atoms with Crippen LogP contribution in [0.15, 0.2) is 29.1 Å². The molecule has 0 aliphatic carbocycles. The molecule has 3 aromatic rings. The first-order chi connectivity index (χ1) is 12.6. The fourth-order valence-electron chi connectivity index (χ4n) is 3.24. The number of aromatic nitrogens is 5. The summed E-state index contributed by atoms with van der Waals surface area (Å²) in [7, 11) is 1.78. The molecule has 9 heteroatoms. The molecule has 0 aromatic carbocycles. The minimum absolute atomic E-state index is 0.142. The number of rotatable bonds is 4. The summed E-state index contributed by atoms with van der Waals surface area (Å²) >= 11 is 0. The van der Waals surface area contributed by atoms with Crippen LogP contribution in [0.5, 0.6) is 0 Å². The zero-order valence-corrected chi connectivity index (χ0v) is 14.7. The zero-order chi connectivity index (χ0) is 18.3. The minimum atomic E-state index is -0.855. The fraction of sp³-hybridized carbons (Fsp3) is 0.412. The molecule has 9 nitrogen and oxygen atoms in total. The fourth-order valence-corrected chi connectivity index (χ4v) is 3.24. The monoisotopic (exact) mass is 356 g/mol. The third kappa shape index (κ3) is 2.70. The number of carbonyl (C=O) groups excluding carboxylic acids is 1. The van der Waals surface area contributed by atoms with Gasteiger partial charge >= 0.3 is 0 Å². The van der Waals surface area contributed by atoms with E-state index in [-0.39, 0.29) is 5.91 Å². The Labute approximate surface area is 149 Å². The molecule has 1 aliphatic rings. The standard InChI is InChI=1S/C17H20N6O3/c1-3-14-15(18-10-26-14)17(25)22-6-7-23-11(9-22)8-12(20-23)16(24)13-4-5-19-21(13)2/h4-5,8,10,16,24H,3,6-7,9H2,1-2H3/t16-/m0/s1. The topological polar surface area (TPSA) is 102 Å². The Kier molecular flexibility index (Phi) is 4.08. The molecule has 0 radical (unpaired) electrons. The van der Waals surface area contributed by atoms with E-state index in [1.807, 2.05) is 17.7 Å². The largest absolute Gasteiger partial charge is 0.448 e. The molecule has 1 atom stereocenters. The number of hydrogen-bond acceptors (Lipinski definition) is 6. The van der Waals surface area contributed by atoms with Crippen LogP contribution >= 0.6 is 0 Å². The number of oxazole rings is 1. The Morgan fingerprint density at radius 1 is 1.42 bits per heavy atom. The Morgan fingerprint density at radius 3 is 3.00 bits per heavy atom. The van der Waals surface area contributed by atoms with Crippen LogP contribution in [0, 0.1) is 0 Å². The first-order valence-electron chi connectivity index (χ1n) is 8.52. The van der Waals surface area contributed by atoms with Crippen LogP contribution in [-0.4, -0.2) is 47.0 Å². The average molecular weight is 356 g/mol. The van der Waals surface area contributed by atoms with Crippen molar-refractivity contribution in [3.63, 3.8) is 0 Å². The van der Waals surface area contributed by atoms with Crippen LogP contribution < -0.4 is 0 Å². The van der Waals surface area contributed by atoms with Gasteiger partial charge in [0.1, 0.15) is 11.9 Å². The van der Waals surface area contributed by atoms with Gasteiger partial charge in [-0.25, -0.2) is 4.98 Å². The van der Waals surface area contributed by atoms with E-state index in [0.29, 0.717) is 48.9 Å². The Balaban J connectivity index is 1.55. The average Bonchev–Trinajstić information content (AvgIpc) is 3.38. The van der Waals surface area contributed by atoms with E-state index in [1.54, 1.807) is 28.9 Å². The SMILES string of the molecule is CCc1ocnc1C(=O)N1CCn2nc([C@H](O)c3ccnn3C)cc2C1. The minimum Gasteiger partial charge on any atom is -0.448 e. The Hall–Kier alpha value is -2.94. The van der Waals surface area contributed by atoms with Crippen LogP contribution in [0.25, 0.3) is 0 Å². The van der Waals surface area contributed by atoms with Gasteiger partial charge in [-0.05, 0) is 12.1 Å². The van der Waals surface area contributed by atoms with Crippen molar-refractivity contribution in [3.8, 4) is 0 Å². The molecule has 0 spiro atoms. The summed E-state index contributed by atoms with van der Waals surface area (Å²) in [5, 5.41) is 19.1. The highest BCUT2D eigenvalue weighted by Gasteiger charge is 2.28. The van der Waals surface area contributed by atoms with Gasteiger partial charge in [0.05, 0.1) is 30.2 Å². The van der Waals surface area contributed by atoms with E-state index < -0.39 is 6.10 Å². The maximum atomic E-state index is 12.7. The van der Waals surface area contributed by atoms with Crippen molar-refractivity contribution in [3.05, 3.63) is 53.3 Å². The number of aliphatic hydroxyl groups excluding tert-OH is 1. The molecule has 26 heavy (non-hydrogen) atoms. The van der Waals surface area contributed by atoms with Gasteiger partial charge in [-0.2, -0.15) is 10.2 Å². The van der Waals surface area contributed by atoms with Crippen molar-refractivity contribution in [2.24, 2.45) is 7.05 Å². The van der Waals surface area contributed by atoms with Gasteiger partial charge in [0.2, 0.25) is 0 Å². The molecule has 0 saturated carbocycles. The number of aryl methyl sites for hydroxylation is 2. The van der Waals surface area contributed by atoms with Gasteiger partial charge in [-0.3, -0.25) is 14.2 Å². The van der Waals surface area contributed by atoms with E-state index in [9.17, 15) is 9.90 Å². The molecular weight excluding hydrogens is 336 g/mol. The molecule has 0 saturated heterocycles. The van der Waals surface area contributed by atoms with Crippen molar-refractivity contribution in [2.45, 2.75) is 32.5 Å². The molecule has 4 heterocycles. The summed E-state index contributed by atoms with van der Waals surface area (Å²) in [6.45, 7) is 3.44. The van der Waals surface area contributed by atoms with Crippen LogP contribution in [-0.2, 0) is 26.6 Å². The van der Waals surface area contributed by atoms with E-state index in [1.165, 1.54) is 6.39 Å². The highest BCUT2D eigenvalue weighted by molar-refractivity contribution is 5.93. The second kappa shape index (κ2) is 6.41. The lowest BCUT2D eigenvalue weighted by molar-refractivity contribution is 0.0698. The van der Waals surface area contributed by atoms with Gasteiger partial charge in [-0.15, -0.1) is 0 Å². The summed E-state index contributed by atoms with van der Waals surface area (Å²) in [6.07, 6.45) is 2.71. The summed E-state index contributed by atoms with van der Waals surface area (Å²) in [5.41, 5.74) is 2.47. The number of aliphatic hydroxyl groups is 1. The molecule has 4 rings (SSSR count). The third-order valence-corrected chi connectivity index (χ3v) is 4.69. The molecule has 3 aromatic heterocycles. The van der Waals surface area contributed by atoms with Gasteiger partial charge in [0.25, 0.3) is 5.91 Å². The number of hydrogen-bond donors (Lipinski definition) is 1. The smallest absolute Gasteiger partial charge is 0.276 e. The van der Waals surface area contributed by atoms with E-state index in [2.05, 4.69) is 15.2 Å². The summed E-state index contributed by atoms with van der Waals surface area (Å²) in [6, 6.07) is 3.59. The molecule has 0 bridgehead atoms. The van der Waals surface area contributed by atoms with Gasteiger partial charge in [0, 0.05) is 26.2 Å². The van der Waals surface area contributed by atoms with Crippen molar-refractivity contribution in [2.75, 3.05) is 6.54 Å². The van der Waals surface area contributed by atoms with Crippen molar-refractivity contribution in [1.82, 2.24) is 29.4 Å². The van der Waals surface area contributed by atoms with Crippen molar-refractivity contribution >= 4 is 5.91 Å². The second-order valence-corrected chi connectivity index (χ2v) is 6.27. The number of amides is 1. The lowest BCUT2D eigenvalue weighted by Gasteiger charge is -2.27. The zero-order valence-electron chi connectivity index (χ0n) is 14.7. The predicted molar refractivity (Wildman–Crippen MR) is 90.1 cm³/mol. The van der Waals surface area contributed by atoms with E-state index in [4.69, 9.17) is 4.42 Å². The summed E-state index contributed by atoms with van der Waals surface area (Å²) < 4.78 is 8.72.